The SMILES string of the molecule is CCC1CC1[Si](OC(C)C)(OC(C)C)C(C)C. The van der Waals surface area contributed by atoms with Crippen LogP contribution in [0.2, 0.25) is 11.1 Å². The largest absolute Gasteiger partial charge is 0.391 e. The van der Waals surface area contributed by atoms with E-state index in [2.05, 4.69) is 48.5 Å². The molecule has 1 rings (SSSR count). The van der Waals surface area contributed by atoms with Crippen molar-refractivity contribution in [3.8, 4) is 0 Å². The lowest BCUT2D eigenvalue weighted by atomic mass is 10.3. The maximum atomic E-state index is 6.38. The van der Waals surface area contributed by atoms with E-state index in [1.54, 1.807) is 0 Å². The minimum Gasteiger partial charge on any atom is -0.391 e. The molecule has 2 unspecified atom stereocenters. The molecule has 0 heterocycles. The number of hydrogen-bond donors (Lipinski definition) is 0. The topological polar surface area (TPSA) is 18.5 Å². The van der Waals surface area contributed by atoms with Crippen LogP contribution in [0.4, 0.5) is 0 Å². The number of hydrogen-bond acceptors (Lipinski definition) is 2. The molecular formula is C14H30O2Si. The zero-order valence-electron chi connectivity index (χ0n) is 12.6. The van der Waals surface area contributed by atoms with Gasteiger partial charge >= 0.3 is 8.56 Å². The highest BCUT2D eigenvalue weighted by Gasteiger charge is 2.60. The van der Waals surface area contributed by atoms with E-state index in [1.807, 2.05) is 0 Å². The monoisotopic (exact) mass is 258 g/mol. The maximum Gasteiger partial charge on any atom is 0.344 e. The smallest absolute Gasteiger partial charge is 0.344 e. The molecule has 0 bridgehead atoms. The number of rotatable bonds is 7. The van der Waals surface area contributed by atoms with Gasteiger partial charge in [-0.1, -0.05) is 27.2 Å². The highest BCUT2D eigenvalue weighted by Crippen LogP contribution is 2.58. The molecule has 102 valence electrons. The molecule has 1 saturated carbocycles. The highest BCUT2D eigenvalue weighted by atomic mass is 28.4. The highest BCUT2D eigenvalue weighted by molar-refractivity contribution is 6.71. The van der Waals surface area contributed by atoms with Gasteiger partial charge in [0.05, 0.1) is 0 Å². The Kier molecular flexibility index (Phi) is 5.23. The molecule has 1 fully saturated rings. The van der Waals surface area contributed by atoms with Crippen molar-refractivity contribution in [2.24, 2.45) is 5.92 Å². The minimum atomic E-state index is -2.05. The van der Waals surface area contributed by atoms with E-state index in [4.69, 9.17) is 8.85 Å². The van der Waals surface area contributed by atoms with Crippen molar-refractivity contribution in [2.45, 2.75) is 84.6 Å². The minimum absolute atomic E-state index is 0.279. The summed E-state index contributed by atoms with van der Waals surface area (Å²) in [6, 6.07) is 0. The van der Waals surface area contributed by atoms with Crippen LogP contribution in [0.25, 0.3) is 0 Å². The zero-order valence-corrected chi connectivity index (χ0v) is 13.6. The van der Waals surface area contributed by atoms with E-state index in [1.165, 1.54) is 12.8 Å². The molecule has 0 N–H and O–H groups in total. The molecule has 0 aromatic carbocycles. The van der Waals surface area contributed by atoms with Crippen molar-refractivity contribution in [1.82, 2.24) is 0 Å². The fourth-order valence-corrected chi connectivity index (χ4v) is 7.63. The van der Waals surface area contributed by atoms with Crippen LogP contribution in [-0.4, -0.2) is 20.8 Å². The third kappa shape index (κ3) is 3.55. The van der Waals surface area contributed by atoms with E-state index in [0.717, 1.165) is 11.5 Å². The summed E-state index contributed by atoms with van der Waals surface area (Å²) in [5.41, 5.74) is 1.26. The molecule has 0 aromatic rings. The predicted octanol–water partition coefficient (Wildman–Crippen LogP) is 4.49. The molecule has 3 heteroatoms. The van der Waals surface area contributed by atoms with Gasteiger partial charge in [0.15, 0.2) is 0 Å². The van der Waals surface area contributed by atoms with Crippen LogP contribution in [0.15, 0.2) is 0 Å². The second-order valence-electron chi connectivity index (χ2n) is 6.22. The second-order valence-corrected chi connectivity index (χ2v) is 10.0. The summed E-state index contributed by atoms with van der Waals surface area (Å²) in [7, 11) is -2.05. The summed E-state index contributed by atoms with van der Waals surface area (Å²) < 4.78 is 12.8. The Morgan fingerprint density at radius 3 is 1.71 bits per heavy atom. The van der Waals surface area contributed by atoms with Crippen LogP contribution >= 0.6 is 0 Å². The summed E-state index contributed by atoms with van der Waals surface area (Å²) in [6.07, 6.45) is 3.15. The van der Waals surface area contributed by atoms with Crippen LogP contribution in [0, 0.1) is 5.92 Å². The third-order valence-electron chi connectivity index (χ3n) is 3.61. The molecule has 1 aliphatic carbocycles. The average Bonchev–Trinajstić information content (AvgIpc) is 2.93. The Hall–Kier alpha value is 0.137. The first-order valence-corrected chi connectivity index (χ1v) is 9.16. The first kappa shape index (κ1) is 15.2. The normalized spacial score (nSPS) is 25.1. The van der Waals surface area contributed by atoms with Crippen molar-refractivity contribution < 1.29 is 8.85 Å². The van der Waals surface area contributed by atoms with Crippen molar-refractivity contribution in [3.63, 3.8) is 0 Å². The summed E-state index contributed by atoms with van der Waals surface area (Å²) in [4.78, 5) is 0. The molecule has 17 heavy (non-hydrogen) atoms. The van der Waals surface area contributed by atoms with E-state index in [-0.39, 0.29) is 12.2 Å². The van der Waals surface area contributed by atoms with E-state index in [9.17, 15) is 0 Å². The van der Waals surface area contributed by atoms with Crippen LogP contribution in [0.5, 0.6) is 0 Å². The fourth-order valence-electron chi connectivity index (χ4n) is 2.83. The molecule has 0 saturated heterocycles. The van der Waals surface area contributed by atoms with Gasteiger partial charge in [-0.2, -0.15) is 0 Å². The average molecular weight is 258 g/mol. The van der Waals surface area contributed by atoms with Gasteiger partial charge in [-0.3, -0.25) is 0 Å². The van der Waals surface area contributed by atoms with E-state index >= 15 is 0 Å². The van der Waals surface area contributed by atoms with Gasteiger partial charge in [0, 0.05) is 17.7 Å². The summed E-state index contributed by atoms with van der Waals surface area (Å²) in [5, 5.41) is 0. The van der Waals surface area contributed by atoms with Gasteiger partial charge in [-0.15, -0.1) is 0 Å². The Morgan fingerprint density at radius 2 is 1.47 bits per heavy atom. The van der Waals surface area contributed by atoms with Crippen molar-refractivity contribution in [1.29, 1.82) is 0 Å². The molecule has 2 atom stereocenters. The van der Waals surface area contributed by atoms with Crippen molar-refractivity contribution in [3.05, 3.63) is 0 Å². The van der Waals surface area contributed by atoms with Gasteiger partial charge < -0.3 is 8.85 Å². The van der Waals surface area contributed by atoms with E-state index < -0.39 is 8.56 Å². The summed E-state index contributed by atoms with van der Waals surface area (Å²) in [5.74, 6) is 0.849. The van der Waals surface area contributed by atoms with Gasteiger partial charge in [-0.05, 0) is 45.6 Å². The zero-order chi connectivity index (χ0) is 13.2. The Labute approximate surface area is 108 Å². The van der Waals surface area contributed by atoms with Gasteiger partial charge in [-0.25, -0.2) is 0 Å². The predicted molar refractivity (Wildman–Crippen MR) is 75.4 cm³/mol. The van der Waals surface area contributed by atoms with Crippen molar-refractivity contribution in [2.75, 3.05) is 0 Å². The third-order valence-corrected chi connectivity index (χ3v) is 8.64. The molecule has 0 aromatic heterocycles. The molecule has 0 aliphatic heterocycles. The van der Waals surface area contributed by atoms with Crippen LogP contribution in [0.3, 0.4) is 0 Å². The molecule has 0 radical (unpaired) electrons. The van der Waals surface area contributed by atoms with Crippen LogP contribution in [-0.2, 0) is 8.85 Å². The Morgan fingerprint density at radius 1 is 1.00 bits per heavy atom. The fraction of sp³-hybridized carbons (Fsp3) is 1.00. The first-order chi connectivity index (χ1) is 7.83. The van der Waals surface area contributed by atoms with Crippen LogP contribution < -0.4 is 0 Å². The lowest BCUT2D eigenvalue weighted by Gasteiger charge is -2.38. The van der Waals surface area contributed by atoms with Gasteiger partial charge in [0.25, 0.3) is 0 Å². The molecule has 0 spiro atoms. The Balaban J connectivity index is 2.87. The first-order valence-electron chi connectivity index (χ1n) is 7.19. The van der Waals surface area contributed by atoms with Gasteiger partial charge in [0.2, 0.25) is 0 Å². The summed E-state index contributed by atoms with van der Waals surface area (Å²) in [6.45, 7) is 15.4. The Bertz CT molecular complexity index is 228. The van der Waals surface area contributed by atoms with Gasteiger partial charge in [0.1, 0.15) is 0 Å². The molecular weight excluding hydrogens is 228 g/mol. The molecule has 1 aliphatic rings. The quantitative estimate of drug-likeness (QED) is 0.626. The van der Waals surface area contributed by atoms with E-state index in [0.29, 0.717) is 5.54 Å². The standard InChI is InChI=1S/C14H30O2Si/c1-8-13-9-14(13)17(12(6)7,15-10(2)3)16-11(4)5/h10-14H,8-9H2,1-7H3. The lowest BCUT2D eigenvalue weighted by molar-refractivity contribution is 0.0960. The van der Waals surface area contributed by atoms with Crippen molar-refractivity contribution >= 4 is 8.56 Å². The second kappa shape index (κ2) is 5.85. The maximum absolute atomic E-state index is 6.38. The molecule has 0 amide bonds. The van der Waals surface area contributed by atoms with Crippen LogP contribution in [0.1, 0.15) is 61.3 Å². The summed E-state index contributed by atoms with van der Waals surface area (Å²) >= 11 is 0. The molecule has 2 nitrogen and oxygen atoms in total. The lowest BCUT2D eigenvalue weighted by Crippen LogP contribution is -2.49.